The second-order valence-electron chi connectivity index (χ2n) is 6.19. The minimum Gasteiger partial charge on any atom is -0.329 e. The molecule has 0 saturated heterocycles. The third-order valence-corrected chi connectivity index (χ3v) is 4.00. The van der Waals surface area contributed by atoms with Gasteiger partial charge in [0.15, 0.2) is 10.4 Å². The van der Waals surface area contributed by atoms with Gasteiger partial charge >= 0.3 is 0 Å². The molecule has 18 heavy (non-hydrogen) atoms. The SMILES string of the molecule is Cc1cnc2c(c1)[nH]c(=S)n2CC(C)C(C)(C)C. The molecule has 1 atom stereocenters. The van der Waals surface area contributed by atoms with Gasteiger partial charge < -0.3 is 9.55 Å². The number of aryl methyl sites for hydroxylation is 1. The summed E-state index contributed by atoms with van der Waals surface area (Å²) in [4.78, 5) is 7.74. The van der Waals surface area contributed by atoms with Gasteiger partial charge in [-0.1, -0.05) is 27.7 Å². The first-order valence-corrected chi connectivity index (χ1v) is 6.75. The highest BCUT2D eigenvalue weighted by Gasteiger charge is 2.21. The van der Waals surface area contributed by atoms with E-state index >= 15 is 0 Å². The zero-order chi connectivity index (χ0) is 13.5. The molecule has 0 aromatic carbocycles. The first-order chi connectivity index (χ1) is 8.29. The second-order valence-corrected chi connectivity index (χ2v) is 6.58. The molecule has 0 spiro atoms. The third kappa shape index (κ3) is 2.48. The van der Waals surface area contributed by atoms with Crippen LogP contribution in [0.5, 0.6) is 0 Å². The minimum atomic E-state index is 0.267. The van der Waals surface area contributed by atoms with Crippen molar-refractivity contribution in [2.24, 2.45) is 11.3 Å². The summed E-state index contributed by atoms with van der Waals surface area (Å²) in [5.74, 6) is 0.534. The molecular weight excluding hydrogens is 242 g/mol. The van der Waals surface area contributed by atoms with Crippen LogP contribution in [-0.2, 0) is 6.54 Å². The zero-order valence-corrected chi connectivity index (χ0v) is 12.6. The van der Waals surface area contributed by atoms with E-state index in [-0.39, 0.29) is 5.41 Å². The minimum absolute atomic E-state index is 0.267. The van der Waals surface area contributed by atoms with Gasteiger partial charge in [0.05, 0.1) is 5.52 Å². The fraction of sp³-hybridized carbons (Fsp3) is 0.571. The van der Waals surface area contributed by atoms with Crippen LogP contribution in [0.3, 0.4) is 0 Å². The topological polar surface area (TPSA) is 33.6 Å². The normalized spacial score (nSPS) is 14.1. The Hall–Kier alpha value is -1.16. The van der Waals surface area contributed by atoms with E-state index in [4.69, 9.17) is 12.2 Å². The molecular formula is C14H21N3S. The van der Waals surface area contributed by atoms with Gasteiger partial charge in [0, 0.05) is 12.7 Å². The van der Waals surface area contributed by atoms with E-state index < -0.39 is 0 Å². The van der Waals surface area contributed by atoms with E-state index in [1.165, 1.54) is 0 Å². The molecule has 0 aliphatic heterocycles. The first-order valence-electron chi connectivity index (χ1n) is 6.34. The summed E-state index contributed by atoms with van der Waals surface area (Å²) in [6.45, 7) is 12.0. The zero-order valence-electron chi connectivity index (χ0n) is 11.7. The predicted molar refractivity (Wildman–Crippen MR) is 78.3 cm³/mol. The van der Waals surface area contributed by atoms with Gasteiger partial charge in [-0.25, -0.2) is 4.98 Å². The summed E-state index contributed by atoms with van der Waals surface area (Å²) in [7, 11) is 0. The Bertz CT molecular complexity index is 616. The van der Waals surface area contributed by atoms with Gasteiger partial charge in [0.2, 0.25) is 0 Å². The lowest BCUT2D eigenvalue weighted by Crippen LogP contribution is -2.22. The van der Waals surface area contributed by atoms with Crippen molar-refractivity contribution in [2.75, 3.05) is 0 Å². The maximum atomic E-state index is 5.40. The van der Waals surface area contributed by atoms with Gasteiger partial charge in [-0.2, -0.15) is 0 Å². The number of nitrogens with one attached hydrogen (secondary N) is 1. The summed E-state index contributed by atoms with van der Waals surface area (Å²) in [6, 6.07) is 2.09. The molecule has 2 aromatic heterocycles. The molecule has 0 amide bonds. The molecule has 1 N–H and O–H groups in total. The highest BCUT2D eigenvalue weighted by atomic mass is 32.1. The number of nitrogens with zero attached hydrogens (tertiary/aromatic N) is 2. The fourth-order valence-electron chi connectivity index (χ4n) is 1.87. The van der Waals surface area contributed by atoms with Crippen molar-refractivity contribution in [3.63, 3.8) is 0 Å². The van der Waals surface area contributed by atoms with E-state index in [0.717, 1.165) is 28.0 Å². The average molecular weight is 263 g/mol. The maximum absolute atomic E-state index is 5.40. The Morgan fingerprint density at radius 2 is 2.11 bits per heavy atom. The van der Waals surface area contributed by atoms with Crippen LogP contribution in [0.1, 0.15) is 33.3 Å². The van der Waals surface area contributed by atoms with Crippen LogP contribution in [0.4, 0.5) is 0 Å². The van der Waals surface area contributed by atoms with E-state index in [1.807, 2.05) is 13.1 Å². The quantitative estimate of drug-likeness (QED) is 0.828. The van der Waals surface area contributed by atoms with Crippen molar-refractivity contribution in [1.29, 1.82) is 0 Å². The molecule has 0 aliphatic carbocycles. The Morgan fingerprint density at radius 1 is 1.44 bits per heavy atom. The number of aromatic nitrogens is 3. The smallest absolute Gasteiger partial charge is 0.179 e. The Labute approximate surface area is 113 Å². The lowest BCUT2D eigenvalue weighted by atomic mass is 9.82. The summed E-state index contributed by atoms with van der Waals surface area (Å²) in [6.07, 6.45) is 1.89. The summed E-state index contributed by atoms with van der Waals surface area (Å²) >= 11 is 5.40. The lowest BCUT2D eigenvalue weighted by Gasteiger charge is -2.27. The van der Waals surface area contributed by atoms with Crippen molar-refractivity contribution in [1.82, 2.24) is 14.5 Å². The van der Waals surface area contributed by atoms with Crippen molar-refractivity contribution in [3.05, 3.63) is 22.6 Å². The van der Waals surface area contributed by atoms with Crippen molar-refractivity contribution in [3.8, 4) is 0 Å². The number of pyridine rings is 1. The standard InChI is InChI=1S/C14H21N3S/c1-9-6-11-12(15-7-9)17(13(18)16-11)8-10(2)14(3,4)5/h6-7,10H,8H2,1-5H3,(H,16,18). The molecule has 2 heterocycles. The van der Waals surface area contributed by atoms with Gasteiger partial charge in [0.1, 0.15) is 0 Å². The first kappa shape index (κ1) is 13.3. The Kier molecular flexibility index (Phi) is 3.32. The number of aromatic amines is 1. The fourth-order valence-corrected chi connectivity index (χ4v) is 2.14. The third-order valence-electron chi connectivity index (χ3n) is 3.68. The van der Waals surface area contributed by atoms with Gasteiger partial charge in [0.25, 0.3) is 0 Å². The molecule has 2 aromatic rings. The molecule has 0 bridgehead atoms. The predicted octanol–water partition coefficient (Wildman–Crippen LogP) is 4.08. The van der Waals surface area contributed by atoms with Crippen LogP contribution in [0, 0.1) is 23.0 Å². The van der Waals surface area contributed by atoms with E-state index in [1.54, 1.807) is 0 Å². The largest absolute Gasteiger partial charge is 0.329 e. The lowest BCUT2D eigenvalue weighted by molar-refractivity contribution is 0.234. The van der Waals surface area contributed by atoms with Crippen LogP contribution in [0.2, 0.25) is 0 Å². The van der Waals surface area contributed by atoms with Gasteiger partial charge in [-0.3, -0.25) is 0 Å². The highest BCUT2D eigenvalue weighted by molar-refractivity contribution is 7.71. The van der Waals surface area contributed by atoms with Gasteiger partial charge in [-0.15, -0.1) is 0 Å². The molecule has 4 heteroatoms. The molecule has 0 radical (unpaired) electrons. The molecule has 0 fully saturated rings. The highest BCUT2D eigenvalue weighted by Crippen LogP contribution is 2.27. The van der Waals surface area contributed by atoms with Crippen molar-refractivity contribution >= 4 is 23.4 Å². The molecule has 0 saturated carbocycles. The molecule has 2 rings (SSSR count). The summed E-state index contributed by atoms with van der Waals surface area (Å²) in [5, 5.41) is 0. The Morgan fingerprint density at radius 3 is 2.72 bits per heavy atom. The number of rotatable bonds is 2. The Balaban J connectivity index is 2.45. The van der Waals surface area contributed by atoms with E-state index in [9.17, 15) is 0 Å². The number of imidazole rings is 1. The molecule has 0 aliphatic rings. The van der Waals surface area contributed by atoms with Crippen LogP contribution < -0.4 is 0 Å². The van der Waals surface area contributed by atoms with Crippen molar-refractivity contribution in [2.45, 2.75) is 41.2 Å². The van der Waals surface area contributed by atoms with Crippen LogP contribution in [-0.4, -0.2) is 14.5 Å². The molecule has 1 unspecified atom stereocenters. The summed E-state index contributed by atoms with van der Waals surface area (Å²) in [5.41, 5.74) is 3.40. The number of hydrogen-bond acceptors (Lipinski definition) is 2. The monoisotopic (exact) mass is 263 g/mol. The second kappa shape index (κ2) is 4.50. The molecule has 3 nitrogen and oxygen atoms in total. The van der Waals surface area contributed by atoms with Crippen molar-refractivity contribution < 1.29 is 0 Å². The van der Waals surface area contributed by atoms with Gasteiger partial charge in [-0.05, 0) is 42.1 Å². The van der Waals surface area contributed by atoms with Crippen LogP contribution in [0.15, 0.2) is 12.3 Å². The maximum Gasteiger partial charge on any atom is 0.179 e. The van der Waals surface area contributed by atoms with Crippen LogP contribution in [0.25, 0.3) is 11.2 Å². The van der Waals surface area contributed by atoms with E-state index in [0.29, 0.717) is 5.92 Å². The van der Waals surface area contributed by atoms with E-state index in [2.05, 4.69) is 48.3 Å². The summed E-state index contributed by atoms with van der Waals surface area (Å²) < 4.78 is 2.87. The average Bonchev–Trinajstić information content (AvgIpc) is 2.53. The van der Waals surface area contributed by atoms with Crippen LogP contribution >= 0.6 is 12.2 Å². The molecule has 98 valence electrons. The number of fused-ring (bicyclic) bond motifs is 1. The number of hydrogen-bond donors (Lipinski definition) is 1. The number of H-pyrrole nitrogens is 1.